The van der Waals surface area contributed by atoms with Crippen LogP contribution in [0.25, 0.3) is 0 Å². The van der Waals surface area contributed by atoms with Crippen LogP contribution in [0.2, 0.25) is 0 Å². The quantitative estimate of drug-likeness (QED) is 0.467. The van der Waals surface area contributed by atoms with Crippen LogP contribution in [0.15, 0.2) is 24.3 Å². The molecule has 0 bridgehead atoms. The number of Topliss-reactive ketones (excluding diaryl/α,β-unsaturated/α-hetero) is 1. The monoisotopic (exact) mass is 216 g/mol. The Balaban J connectivity index is 0.00000169. The summed E-state index contributed by atoms with van der Waals surface area (Å²) in [5.74, 6) is -0.424. The second-order valence-corrected chi connectivity index (χ2v) is 2.40. The molecule has 14 heavy (non-hydrogen) atoms. The van der Waals surface area contributed by atoms with Gasteiger partial charge in [0.2, 0.25) is 0 Å². The minimum Gasteiger partial charge on any atom is -0.324 e. The zero-order valence-electron chi connectivity index (χ0n) is 7.17. The maximum absolute atomic E-state index is 11.1. The van der Waals surface area contributed by atoms with E-state index in [1.54, 1.807) is 6.07 Å². The Hall–Kier alpha value is -1.46. The molecule has 1 aromatic rings. The molecule has 76 valence electrons. The van der Waals surface area contributed by atoms with Crippen LogP contribution in [0.5, 0.6) is 0 Å². The van der Waals surface area contributed by atoms with Gasteiger partial charge in [-0.1, -0.05) is 12.1 Å². The van der Waals surface area contributed by atoms with Gasteiger partial charge in [-0.05, 0) is 6.07 Å². The van der Waals surface area contributed by atoms with E-state index in [0.29, 0.717) is 0 Å². The summed E-state index contributed by atoms with van der Waals surface area (Å²) in [6, 6.07) is 5.75. The fourth-order valence-corrected chi connectivity index (χ4v) is 0.979. The van der Waals surface area contributed by atoms with Crippen molar-refractivity contribution in [1.82, 2.24) is 0 Å². The molecule has 0 saturated heterocycles. The van der Waals surface area contributed by atoms with Gasteiger partial charge in [0.25, 0.3) is 5.69 Å². The van der Waals surface area contributed by atoms with E-state index in [0.717, 1.165) is 0 Å². The molecular weight excluding hydrogens is 208 g/mol. The van der Waals surface area contributed by atoms with Gasteiger partial charge in [-0.15, -0.1) is 12.4 Å². The summed E-state index contributed by atoms with van der Waals surface area (Å²) in [7, 11) is 0. The van der Waals surface area contributed by atoms with E-state index in [-0.39, 0.29) is 30.2 Å². The van der Waals surface area contributed by atoms with Crippen molar-refractivity contribution in [3.63, 3.8) is 0 Å². The standard InChI is InChI=1S/C8H8N2O3.ClH/c9-5-8(11)6-3-1-2-4-7(6)10(12)13;/h1-4H,5,9H2;1H. The lowest BCUT2D eigenvalue weighted by molar-refractivity contribution is -0.385. The lowest BCUT2D eigenvalue weighted by Gasteiger charge is -1.98. The second-order valence-electron chi connectivity index (χ2n) is 2.40. The first-order chi connectivity index (χ1) is 6.16. The normalized spacial score (nSPS) is 8.93. The zero-order valence-corrected chi connectivity index (χ0v) is 7.99. The van der Waals surface area contributed by atoms with Gasteiger partial charge in [-0.2, -0.15) is 0 Å². The van der Waals surface area contributed by atoms with Crippen molar-refractivity contribution >= 4 is 23.9 Å². The van der Waals surface area contributed by atoms with Gasteiger partial charge in [0, 0.05) is 6.07 Å². The third-order valence-corrected chi connectivity index (χ3v) is 1.59. The van der Waals surface area contributed by atoms with Crippen molar-refractivity contribution in [1.29, 1.82) is 0 Å². The SMILES string of the molecule is Cl.NCC(=O)c1ccccc1[N+](=O)[O-]. The molecule has 0 atom stereocenters. The summed E-state index contributed by atoms with van der Waals surface area (Å²) >= 11 is 0. The number of nitrogens with two attached hydrogens (primary N) is 1. The van der Waals surface area contributed by atoms with Crippen LogP contribution < -0.4 is 5.73 Å². The number of ketones is 1. The Bertz CT molecular complexity index is 354. The molecule has 2 N–H and O–H groups in total. The maximum Gasteiger partial charge on any atom is 0.280 e. The Kier molecular flexibility index (Phi) is 4.76. The summed E-state index contributed by atoms with van der Waals surface area (Å²) in [5.41, 5.74) is 4.97. The van der Waals surface area contributed by atoms with Crippen LogP contribution in [0, 0.1) is 10.1 Å². The summed E-state index contributed by atoms with van der Waals surface area (Å²) in [6.45, 7) is -0.217. The van der Waals surface area contributed by atoms with Gasteiger partial charge < -0.3 is 5.73 Å². The molecule has 0 aliphatic rings. The van der Waals surface area contributed by atoms with Gasteiger partial charge in [0.05, 0.1) is 17.0 Å². The number of nitro benzene ring substituents is 1. The molecule has 0 fully saturated rings. The molecule has 0 aliphatic heterocycles. The molecule has 0 amide bonds. The molecule has 6 heteroatoms. The predicted molar refractivity (Wildman–Crippen MR) is 53.7 cm³/mol. The van der Waals surface area contributed by atoms with Gasteiger partial charge in [0.15, 0.2) is 5.78 Å². The fourth-order valence-electron chi connectivity index (χ4n) is 0.979. The van der Waals surface area contributed by atoms with Crippen LogP contribution in [0.3, 0.4) is 0 Å². The molecule has 1 aromatic carbocycles. The number of halogens is 1. The number of nitrogens with zero attached hydrogens (tertiary/aromatic N) is 1. The van der Waals surface area contributed by atoms with Gasteiger partial charge in [-0.25, -0.2) is 0 Å². The third-order valence-electron chi connectivity index (χ3n) is 1.59. The molecule has 0 aliphatic carbocycles. The van der Waals surface area contributed by atoms with E-state index in [1.165, 1.54) is 18.2 Å². The van der Waals surface area contributed by atoms with E-state index in [2.05, 4.69) is 0 Å². The van der Waals surface area contributed by atoms with E-state index in [9.17, 15) is 14.9 Å². The highest BCUT2D eigenvalue weighted by molar-refractivity contribution is 6.00. The number of hydrogen-bond acceptors (Lipinski definition) is 4. The maximum atomic E-state index is 11.1. The summed E-state index contributed by atoms with van der Waals surface area (Å²) in [5, 5.41) is 10.5. The molecule has 0 radical (unpaired) electrons. The van der Waals surface area contributed by atoms with E-state index < -0.39 is 10.7 Å². The first-order valence-corrected chi connectivity index (χ1v) is 3.63. The van der Waals surface area contributed by atoms with Gasteiger partial charge in [-0.3, -0.25) is 14.9 Å². The van der Waals surface area contributed by atoms with Crippen molar-refractivity contribution in [2.75, 3.05) is 6.54 Å². The molecule has 0 heterocycles. The molecule has 5 nitrogen and oxygen atoms in total. The molecule has 0 saturated carbocycles. The van der Waals surface area contributed by atoms with Crippen LogP contribution in [-0.4, -0.2) is 17.3 Å². The second kappa shape index (κ2) is 5.31. The smallest absolute Gasteiger partial charge is 0.280 e. The number of carbonyl (C=O) groups excluding carboxylic acids is 1. The largest absolute Gasteiger partial charge is 0.324 e. The van der Waals surface area contributed by atoms with Crippen molar-refractivity contribution < 1.29 is 9.72 Å². The van der Waals surface area contributed by atoms with E-state index in [4.69, 9.17) is 5.73 Å². The van der Waals surface area contributed by atoms with Crippen LogP contribution in [0.4, 0.5) is 5.69 Å². The van der Waals surface area contributed by atoms with Crippen molar-refractivity contribution in [3.8, 4) is 0 Å². The molecule has 0 unspecified atom stereocenters. The van der Waals surface area contributed by atoms with Crippen molar-refractivity contribution in [2.45, 2.75) is 0 Å². The molecule has 0 aromatic heterocycles. The van der Waals surface area contributed by atoms with Crippen molar-refractivity contribution in [3.05, 3.63) is 39.9 Å². The van der Waals surface area contributed by atoms with Crippen LogP contribution >= 0.6 is 12.4 Å². The van der Waals surface area contributed by atoms with Crippen LogP contribution in [-0.2, 0) is 0 Å². The number of nitro groups is 1. The molecular formula is C8H9ClN2O3. The lowest BCUT2D eigenvalue weighted by Crippen LogP contribution is -2.14. The number of benzene rings is 1. The predicted octanol–water partition coefficient (Wildman–Crippen LogP) is 1.16. The Morgan fingerprint density at radius 2 is 2.00 bits per heavy atom. The average Bonchev–Trinajstić information content (AvgIpc) is 2.16. The lowest BCUT2D eigenvalue weighted by atomic mass is 10.1. The fraction of sp³-hybridized carbons (Fsp3) is 0.125. The number of carbonyl (C=O) groups is 1. The first kappa shape index (κ1) is 12.5. The van der Waals surface area contributed by atoms with Gasteiger partial charge in [0.1, 0.15) is 0 Å². The third kappa shape index (κ3) is 2.51. The number of para-hydroxylation sites is 1. The Morgan fingerprint density at radius 1 is 1.43 bits per heavy atom. The summed E-state index contributed by atoms with van der Waals surface area (Å²) in [4.78, 5) is 21.0. The first-order valence-electron chi connectivity index (χ1n) is 3.63. The van der Waals surface area contributed by atoms with Gasteiger partial charge >= 0.3 is 0 Å². The average molecular weight is 217 g/mol. The highest BCUT2D eigenvalue weighted by Gasteiger charge is 2.17. The highest BCUT2D eigenvalue weighted by atomic mass is 35.5. The minimum absolute atomic E-state index is 0. The molecule has 0 spiro atoms. The van der Waals surface area contributed by atoms with Crippen LogP contribution in [0.1, 0.15) is 10.4 Å². The summed E-state index contributed by atoms with van der Waals surface area (Å²) < 4.78 is 0. The van der Waals surface area contributed by atoms with Crippen molar-refractivity contribution in [2.24, 2.45) is 5.73 Å². The summed E-state index contributed by atoms with van der Waals surface area (Å²) in [6.07, 6.45) is 0. The minimum atomic E-state index is -0.594. The Labute approximate surface area is 86.5 Å². The number of rotatable bonds is 3. The molecule has 1 rings (SSSR count). The number of hydrogen-bond donors (Lipinski definition) is 1. The van der Waals surface area contributed by atoms with E-state index >= 15 is 0 Å². The zero-order chi connectivity index (χ0) is 9.84. The topological polar surface area (TPSA) is 86.2 Å². The Morgan fingerprint density at radius 3 is 2.50 bits per heavy atom. The van der Waals surface area contributed by atoms with E-state index in [1.807, 2.05) is 0 Å². The highest BCUT2D eigenvalue weighted by Crippen LogP contribution is 2.17.